The molecule has 84 valence electrons. The third-order valence-electron chi connectivity index (χ3n) is 2.59. The average molecular weight is 207 g/mol. The highest BCUT2D eigenvalue weighted by Crippen LogP contribution is 2.10. The van der Waals surface area contributed by atoms with Crippen LogP contribution in [0.2, 0.25) is 0 Å². The summed E-state index contributed by atoms with van der Waals surface area (Å²) in [6.07, 6.45) is 3.40. The lowest BCUT2D eigenvalue weighted by atomic mass is 10.0. The lowest BCUT2D eigenvalue weighted by Crippen LogP contribution is -2.08. The normalized spacial score (nSPS) is 12.7. The first-order chi connectivity index (χ1) is 7.26. The predicted octanol–water partition coefficient (Wildman–Crippen LogP) is 2.16. The number of hydrogen-bond donors (Lipinski definition) is 1. The van der Waals surface area contributed by atoms with Crippen molar-refractivity contribution in [1.82, 2.24) is 0 Å². The van der Waals surface area contributed by atoms with Crippen molar-refractivity contribution in [3.8, 4) is 0 Å². The molecule has 15 heavy (non-hydrogen) atoms. The smallest absolute Gasteiger partial charge is 0.0583 e. The molecule has 0 saturated carbocycles. The van der Waals surface area contributed by atoms with Gasteiger partial charge in [0.1, 0.15) is 0 Å². The molecule has 2 N–H and O–H groups in total. The molecule has 2 nitrogen and oxygen atoms in total. The highest BCUT2D eigenvalue weighted by Gasteiger charge is 2.02. The molecular formula is C13H21NO. The Bertz CT molecular complexity index is 286. The zero-order valence-electron chi connectivity index (χ0n) is 9.70. The maximum atomic E-state index is 5.50. The molecule has 1 aromatic carbocycles. The van der Waals surface area contributed by atoms with E-state index in [-0.39, 0.29) is 6.10 Å². The summed E-state index contributed by atoms with van der Waals surface area (Å²) in [7, 11) is 1.75. The predicted molar refractivity (Wildman–Crippen MR) is 64.0 cm³/mol. The van der Waals surface area contributed by atoms with Crippen molar-refractivity contribution in [3.63, 3.8) is 0 Å². The highest BCUT2D eigenvalue weighted by atomic mass is 16.5. The summed E-state index contributed by atoms with van der Waals surface area (Å²) in [5, 5.41) is 0. The monoisotopic (exact) mass is 207 g/mol. The van der Waals surface area contributed by atoms with Gasteiger partial charge in [-0.25, -0.2) is 0 Å². The van der Waals surface area contributed by atoms with Gasteiger partial charge in [0.2, 0.25) is 0 Å². The van der Waals surface area contributed by atoms with Crippen LogP contribution in [-0.2, 0) is 17.6 Å². The zero-order valence-corrected chi connectivity index (χ0v) is 9.70. The second-order valence-corrected chi connectivity index (χ2v) is 3.96. The van der Waals surface area contributed by atoms with Crippen molar-refractivity contribution in [1.29, 1.82) is 0 Å². The number of aryl methyl sites for hydroxylation is 1. The molecule has 0 heterocycles. The SMILES string of the molecule is COC(C)Cc1cccc(CCCN)c1. The minimum atomic E-state index is 0.287. The van der Waals surface area contributed by atoms with Crippen LogP contribution >= 0.6 is 0 Å². The van der Waals surface area contributed by atoms with Crippen molar-refractivity contribution in [3.05, 3.63) is 35.4 Å². The van der Waals surface area contributed by atoms with Crippen molar-refractivity contribution in [2.45, 2.75) is 32.3 Å². The third kappa shape index (κ3) is 4.45. The van der Waals surface area contributed by atoms with Gasteiger partial charge >= 0.3 is 0 Å². The molecule has 0 aromatic heterocycles. The molecular weight excluding hydrogens is 186 g/mol. The van der Waals surface area contributed by atoms with Crippen LogP contribution in [0.5, 0.6) is 0 Å². The topological polar surface area (TPSA) is 35.2 Å². The van der Waals surface area contributed by atoms with Crippen molar-refractivity contribution < 1.29 is 4.74 Å². The van der Waals surface area contributed by atoms with Crippen LogP contribution in [0.1, 0.15) is 24.5 Å². The van der Waals surface area contributed by atoms with Crippen LogP contribution in [0.25, 0.3) is 0 Å². The number of methoxy groups -OCH3 is 1. The first-order valence-electron chi connectivity index (χ1n) is 5.57. The minimum Gasteiger partial charge on any atom is -0.381 e. The van der Waals surface area contributed by atoms with Gasteiger partial charge in [0.05, 0.1) is 6.10 Å². The lowest BCUT2D eigenvalue weighted by molar-refractivity contribution is 0.119. The third-order valence-corrected chi connectivity index (χ3v) is 2.59. The quantitative estimate of drug-likeness (QED) is 0.775. The first-order valence-corrected chi connectivity index (χ1v) is 5.57. The molecule has 0 spiro atoms. The van der Waals surface area contributed by atoms with E-state index < -0.39 is 0 Å². The number of ether oxygens (including phenoxy) is 1. The standard InChI is InChI=1S/C13H21NO/c1-11(15-2)9-13-6-3-5-12(10-13)7-4-8-14/h3,5-6,10-11H,4,7-9,14H2,1-2H3. The lowest BCUT2D eigenvalue weighted by Gasteiger charge is -2.10. The molecule has 2 heteroatoms. The number of nitrogens with two attached hydrogens (primary N) is 1. The van der Waals surface area contributed by atoms with Gasteiger partial charge < -0.3 is 10.5 Å². The van der Waals surface area contributed by atoms with Gasteiger partial charge in [-0.05, 0) is 43.9 Å². The van der Waals surface area contributed by atoms with Gasteiger partial charge in [-0.2, -0.15) is 0 Å². The molecule has 0 aliphatic carbocycles. The van der Waals surface area contributed by atoms with Crippen molar-refractivity contribution in [2.24, 2.45) is 5.73 Å². The van der Waals surface area contributed by atoms with Crippen molar-refractivity contribution >= 4 is 0 Å². The van der Waals surface area contributed by atoms with E-state index >= 15 is 0 Å². The molecule has 1 aromatic rings. The molecule has 0 aliphatic heterocycles. The Hall–Kier alpha value is -0.860. The molecule has 0 radical (unpaired) electrons. The molecule has 1 atom stereocenters. The van der Waals surface area contributed by atoms with Crippen molar-refractivity contribution in [2.75, 3.05) is 13.7 Å². The molecule has 0 aliphatic rings. The Kier molecular flexibility index (Phi) is 5.37. The van der Waals surface area contributed by atoms with Gasteiger partial charge in [0.25, 0.3) is 0 Å². The van der Waals surface area contributed by atoms with E-state index in [9.17, 15) is 0 Å². The Balaban J connectivity index is 2.57. The van der Waals surface area contributed by atoms with Gasteiger partial charge in [-0.3, -0.25) is 0 Å². The van der Waals surface area contributed by atoms with E-state index in [0.717, 1.165) is 25.8 Å². The van der Waals surface area contributed by atoms with E-state index in [0.29, 0.717) is 0 Å². The van der Waals surface area contributed by atoms with Gasteiger partial charge in [0.15, 0.2) is 0 Å². The maximum Gasteiger partial charge on any atom is 0.0583 e. The number of rotatable bonds is 6. The van der Waals surface area contributed by atoms with E-state index in [2.05, 4.69) is 31.2 Å². The summed E-state index contributed by atoms with van der Waals surface area (Å²) in [5.41, 5.74) is 8.22. The molecule has 0 saturated heterocycles. The maximum absolute atomic E-state index is 5.50. The van der Waals surface area contributed by atoms with E-state index in [1.165, 1.54) is 11.1 Å². The summed E-state index contributed by atoms with van der Waals surface area (Å²) in [6.45, 7) is 2.85. The van der Waals surface area contributed by atoms with Crippen LogP contribution < -0.4 is 5.73 Å². The fraction of sp³-hybridized carbons (Fsp3) is 0.538. The summed E-state index contributed by atoms with van der Waals surface area (Å²) in [4.78, 5) is 0. The molecule has 1 unspecified atom stereocenters. The fourth-order valence-corrected chi connectivity index (χ4v) is 1.63. The summed E-state index contributed by atoms with van der Waals surface area (Å²) in [5.74, 6) is 0. The number of benzene rings is 1. The average Bonchev–Trinajstić information content (AvgIpc) is 2.26. The Labute approximate surface area is 92.4 Å². The molecule has 0 fully saturated rings. The highest BCUT2D eigenvalue weighted by molar-refractivity contribution is 5.24. The molecule has 0 amide bonds. The Morgan fingerprint density at radius 3 is 2.73 bits per heavy atom. The molecule has 1 rings (SSSR count). The second kappa shape index (κ2) is 6.59. The van der Waals surface area contributed by atoms with Gasteiger partial charge in [-0.1, -0.05) is 24.3 Å². The van der Waals surface area contributed by atoms with Crippen LogP contribution in [0.4, 0.5) is 0 Å². The Morgan fingerprint density at radius 1 is 1.33 bits per heavy atom. The summed E-state index contributed by atoms with van der Waals surface area (Å²) < 4.78 is 5.26. The second-order valence-electron chi connectivity index (χ2n) is 3.96. The summed E-state index contributed by atoms with van der Waals surface area (Å²) in [6, 6.07) is 8.69. The van der Waals surface area contributed by atoms with E-state index in [4.69, 9.17) is 10.5 Å². The van der Waals surface area contributed by atoms with Gasteiger partial charge in [0, 0.05) is 7.11 Å². The zero-order chi connectivity index (χ0) is 11.1. The van der Waals surface area contributed by atoms with E-state index in [1.54, 1.807) is 7.11 Å². The van der Waals surface area contributed by atoms with E-state index in [1.807, 2.05) is 0 Å². The van der Waals surface area contributed by atoms with Gasteiger partial charge in [-0.15, -0.1) is 0 Å². The minimum absolute atomic E-state index is 0.287. The van der Waals surface area contributed by atoms with Crippen LogP contribution in [0.3, 0.4) is 0 Å². The Morgan fingerprint density at radius 2 is 2.07 bits per heavy atom. The summed E-state index contributed by atoms with van der Waals surface area (Å²) >= 11 is 0. The molecule has 0 bridgehead atoms. The first kappa shape index (κ1) is 12.2. The van der Waals surface area contributed by atoms with Crippen LogP contribution in [0.15, 0.2) is 24.3 Å². The largest absolute Gasteiger partial charge is 0.381 e. The number of hydrogen-bond acceptors (Lipinski definition) is 2. The van der Waals surface area contributed by atoms with Crippen LogP contribution in [0, 0.1) is 0 Å². The fourth-order valence-electron chi connectivity index (χ4n) is 1.63. The van der Waals surface area contributed by atoms with Crippen LogP contribution in [-0.4, -0.2) is 19.8 Å².